The van der Waals surface area contributed by atoms with Crippen molar-refractivity contribution < 1.29 is 0 Å². The average Bonchev–Trinajstić information content (AvgIpc) is 2.39. The van der Waals surface area contributed by atoms with Gasteiger partial charge in [-0.2, -0.15) is 0 Å². The lowest BCUT2D eigenvalue weighted by Gasteiger charge is -2.22. The predicted octanol–water partition coefficient (Wildman–Crippen LogP) is 2.16. The van der Waals surface area contributed by atoms with Gasteiger partial charge in [-0.15, -0.1) is 0 Å². The van der Waals surface area contributed by atoms with E-state index in [1.54, 1.807) is 0 Å². The van der Waals surface area contributed by atoms with Crippen molar-refractivity contribution in [1.82, 2.24) is 5.32 Å². The lowest BCUT2D eigenvalue weighted by molar-refractivity contribution is 0.646. The second kappa shape index (κ2) is 4.35. The van der Waals surface area contributed by atoms with Gasteiger partial charge in [0.1, 0.15) is 0 Å². The van der Waals surface area contributed by atoms with Crippen LogP contribution in [0.5, 0.6) is 0 Å². The van der Waals surface area contributed by atoms with E-state index in [9.17, 15) is 0 Å². The van der Waals surface area contributed by atoms with Crippen LogP contribution in [0.15, 0.2) is 36.4 Å². The van der Waals surface area contributed by atoms with Crippen LogP contribution in [0, 0.1) is 0 Å². The van der Waals surface area contributed by atoms with E-state index in [0.717, 1.165) is 30.9 Å². The normalized spacial score (nSPS) is 14.2. The number of hydrogen-bond donors (Lipinski definition) is 3. The highest BCUT2D eigenvalue weighted by atomic mass is 14.9. The van der Waals surface area contributed by atoms with E-state index in [0.29, 0.717) is 0 Å². The molecule has 0 spiro atoms. The Bertz CT molecular complexity index is 590. The summed E-state index contributed by atoms with van der Waals surface area (Å²) in [5.74, 6) is 0. The summed E-state index contributed by atoms with van der Waals surface area (Å²) in [5, 5.41) is 3.37. The zero-order valence-electron chi connectivity index (χ0n) is 10.2. The van der Waals surface area contributed by atoms with Crippen molar-refractivity contribution >= 4 is 11.4 Å². The fourth-order valence-corrected chi connectivity index (χ4v) is 2.61. The van der Waals surface area contributed by atoms with Gasteiger partial charge in [-0.1, -0.05) is 18.2 Å². The molecule has 3 heteroatoms. The first-order valence-corrected chi connectivity index (χ1v) is 6.22. The summed E-state index contributed by atoms with van der Waals surface area (Å²) < 4.78 is 0. The number of hydrogen-bond acceptors (Lipinski definition) is 3. The Labute approximate surface area is 107 Å². The molecule has 0 atom stereocenters. The summed E-state index contributed by atoms with van der Waals surface area (Å²) in [5.41, 5.74) is 18.6. The quantitative estimate of drug-likeness (QED) is 0.668. The summed E-state index contributed by atoms with van der Waals surface area (Å²) in [4.78, 5) is 0. The Kier molecular flexibility index (Phi) is 2.68. The summed E-state index contributed by atoms with van der Waals surface area (Å²) in [6.45, 7) is 1.86. The highest BCUT2D eigenvalue weighted by molar-refractivity contribution is 5.75. The molecule has 3 nitrogen and oxygen atoms in total. The average molecular weight is 239 g/mol. The molecule has 0 saturated heterocycles. The van der Waals surface area contributed by atoms with Crippen molar-refractivity contribution in [2.45, 2.75) is 13.0 Å². The van der Waals surface area contributed by atoms with Crippen LogP contribution in [0.1, 0.15) is 11.1 Å². The van der Waals surface area contributed by atoms with E-state index in [1.807, 2.05) is 24.3 Å². The van der Waals surface area contributed by atoms with E-state index < -0.39 is 0 Å². The Morgan fingerprint density at radius 2 is 1.89 bits per heavy atom. The van der Waals surface area contributed by atoms with Crippen molar-refractivity contribution in [3.05, 3.63) is 47.5 Å². The summed E-state index contributed by atoms with van der Waals surface area (Å²) >= 11 is 0. The van der Waals surface area contributed by atoms with Gasteiger partial charge in [0.15, 0.2) is 0 Å². The molecule has 1 aliphatic rings. The molecular weight excluding hydrogens is 222 g/mol. The van der Waals surface area contributed by atoms with Crippen LogP contribution in [0.4, 0.5) is 11.4 Å². The third-order valence-electron chi connectivity index (χ3n) is 3.52. The molecule has 18 heavy (non-hydrogen) atoms. The molecular formula is C15H17N3. The maximum Gasteiger partial charge on any atom is 0.0362 e. The molecule has 3 rings (SSSR count). The monoisotopic (exact) mass is 239 g/mol. The van der Waals surface area contributed by atoms with Crippen LogP contribution in [-0.4, -0.2) is 6.54 Å². The van der Waals surface area contributed by atoms with Gasteiger partial charge in [0.25, 0.3) is 0 Å². The number of anilines is 2. The number of nitrogens with one attached hydrogen (secondary N) is 1. The predicted molar refractivity (Wildman–Crippen MR) is 76.1 cm³/mol. The molecule has 0 radical (unpaired) electrons. The lowest BCUT2D eigenvalue weighted by atomic mass is 9.90. The van der Waals surface area contributed by atoms with E-state index in [4.69, 9.17) is 11.5 Å². The van der Waals surface area contributed by atoms with Crippen LogP contribution in [0.3, 0.4) is 0 Å². The van der Waals surface area contributed by atoms with Gasteiger partial charge >= 0.3 is 0 Å². The fourth-order valence-electron chi connectivity index (χ4n) is 2.61. The van der Waals surface area contributed by atoms with Gasteiger partial charge in [0.2, 0.25) is 0 Å². The Morgan fingerprint density at radius 3 is 2.72 bits per heavy atom. The molecule has 92 valence electrons. The van der Waals surface area contributed by atoms with Gasteiger partial charge in [0.05, 0.1) is 0 Å². The topological polar surface area (TPSA) is 64.1 Å². The first kappa shape index (κ1) is 11.1. The summed E-state index contributed by atoms with van der Waals surface area (Å²) in [6.07, 6.45) is 1.02. The molecule has 5 N–H and O–H groups in total. The van der Waals surface area contributed by atoms with Gasteiger partial charge in [0, 0.05) is 17.9 Å². The molecule has 0 amide bonds. The second-order valence-corrected chi connectivity index (χ2v) is 4.71. The molecule has 0 aromatic heterocycles. The van der Waals surface area contributed by atoms with Crippen molar-refractivity contribution in [3.63, 3.8) is 0 Å². The Hall–Kier alpha value is -2.00. The first-order chi connectivity index (χ1) is 8.75. The highest BCUT2D eigenvalue weighted by Gasteiger charge is 2.16. The first-order valence-electron chi connectivity index (χ1n) is 6.22. The molecule has 0 bridgehead atoms. The maximum absolute atomic E-state index is 6.05. The van der Waals surface area contributed by atoms with Crippen molar-refractivity contribution in [1.29, 1.82) is 0 Å². The van der Waals surface area contributed by atoms with Crippen LogP contribution in [0.2, 0.25) is 0 Å². The largest absolute Gasteiger partial charge is 0.399 e. The molecule has 0 unspecified atom stereocenters. The smallest absolute Gasteiger partial charge is 0.0362 e. The van der Waals surface area contributed by atoms with Gasteiger partial charge in [-0.05, 0) is 53.4 Å². The number of benzene rings is 2. The zero-order valence-corrected chi connectivity index (χ0v) is 10.2. The molecule has 0 fully saturated rings. The third-order valence-corrected chi connectivity index (χ3v) is 3.52. The lowest BCUT2D eigenvalue weighted by Crippen LogP contribution is -2.25. The molecule has 1 heterocycles. The van der Waals surface area contributed by atoms with Crippen LogP contribution >= 0.6 is 0 Å². The van der Waals surface area contributed by atoms with E-state index in [-0.39, 0.29) is 0 Å². The van der Waals surface area contributed by atoms with E-state index in [2.05, 4.69) is 17.4 Å². The number of rotatable bonds is 1. The minimum absolute atomic E-state index is 0.798. The molecule has 1 aliphatic heterocycles. The molecule has 2 aromatic carbocycles. The maximum atomic E-state index is 6.05. The molecule has 0 aliphatic carbocycles. The Balaban J connectivity index is 2.18. The Morgan fingerprint density at radius 1 is 1.00 bits per heavy atom. The van der Waals surface area contributed by atoms with Gasteiger partial charge in [-0.3, -0.25) is 0 Å². The zero-order chi connectivity index (χ0) is 12.5. The van der Waals surface area contributed by atoms with Crippen LogP contribution in [-0.2, 0) is 13.0 Å². The van der Waals surface area contributed by atoms with E-state index in [1.165, 1.54) is 22.3 Å². The highest BCUT2D eigenvalue weighted by Crippen LogP contribution is 2.32. The van der Waals surface area contributed by atoms with Crippen molar-refractivity contribution in [2.24, 2.45) is 0 Å². The SMILES string of the molecule is Nc1cccc(-c2ccc(N)c3c2CCNC3)c1. The minimum atomic E-state index is 0.798. The third kappa shape index (κ3) is 1.83. The summed E-state index contributed by atoms with van der Waals surface area (Å²) in [7, 11) is 0. The molecule has 0 saturated carbocycles. The fraction of sp³-hybridized carbons (Fsp3) is 0.200. The summed E-state index contributed by atoms with van der Waals surface area (Å²) in [6, 6.07) is 12.1. The van der Waals surface area contributed by atoms with Crippen molar-refractivity contribution in [2.75, 3.05) is 18.0 Å². The molecule has 2 aromatic rings. The standard InChI is InChI=1S/C15H17N3/c16-11-3-1-2-10(8-11)12-4-5-15(17)14-9-18-7-6-13(12)14/h1-5,8,18H,6-7,9,16-17H2. The number of fused-ring (bicyclic) bond motifs is 1. The second-order valence-electron chi connectivity index (χ2n) is 4.71. The van der Waals surface area contributed by atoms with Crippen LogP contribution in [0.25, 0.3) is 11.1 Å². The number of nitrogens with two attached hydrogens (primary N) is 2. The minimum Gasteiger partial charge on any atom is -0.399 e. The van der Waals surface area contributed by atoms with Gasteiger partial charge in [-0.25, -0.2) is 0 Å². The van der Waals surface area contributed by atoms with Gasteiger partial charge < -0.3 is 16.8 Å². The van der Waals surface area contributed by atoms with Crippen LogP contribution < -0.4 is 16.8 Å². The number of nitrogen functional groups attached to an aromatic ring is 2. The van der Waals surface area contributed by atoms with Crippen molar-refractivity contribution in [3.8, 4) is 11.1 Å². The van der Waals surface area contributed by atoms with E-state index >= 15 is 0 Å².